The van der Waals surface area contributed by atoms with Gasteiger partial charge in [-0.15, -0.1) is 0 Å². The van der Waals surface area contributed by atoms with E-state index >= 15 is 0 Å². The molecule has 2 aromatic rings. The number of hydrogen-bond acceptors (Lipinski definition) is 5. The second-order valence-corrected chi connectivity index (χ2v) is 6.86. The van der Waals surface area contributed by atoms with Gasteiger partial charge in [0.15, 0.2) is 0 Å². The lowest BCUT2D eigenvalue weighted by Gasteiger charge is -2.20. The maximum Gasteiger partial charge on any atom is 0.239 e. The average molecular weight is 345 g/mol. The summed E-state index contributed by atoms with van der Waals surface area (Å²) in [5.74, 6) is -0.0533. The summed E-state index contributed by atoms with van der Waals surface area (Å²) >= 11 is 0. The molecule has 0 spiro atoms. The molecule has 3 rings (SSSR count). The highest BCUT2D eigenvalue weighted by atomic mass is 16.3. The van der Waals surface area contributed by atoms with Crippen LogP contribution >= 0.6 is 0 Å². The van der Waals surface area contributed by atoms with E-state index in [-0.39, 0.29) is 11.8 Å². The summed E-state index contributed by atoms with van der Waals surface area (Å²) in [6.07, 6.45) is 6.23. The maximum atomic E-state index is 12.5. The third kappa shape index (κ3) is 4.00. The molecule has 7 nitrogen and oxygen atoms in total. The molecule has 7 heteroatoms. The summed E-state index contributed by atoms with van der Waals surface area (Å²) in [4.78, 5) is 14.2. The van der Waals surface area contributed by atoms with Gasteiger partial charge in [-0.3, -0.25) is 4.79 Å². The molecule has 3 atom stereocenters. The fraction of sp³-hybridized carbons (Fsp3) is 0.556. The number of rotatable bonds is 7. The van der Waals surface area contributed by atoms with Crippen molar-refractivity contribution in [2.75, 3.05) is 19.6 Å². The fourth-order valence-corrected chi connectivity index (χ4v) is 3.57. The SMILES string of the molecule is NCCCC[C@H](N)C(=O)N1C[C@@H](Cc2cccn3nccc23)[C@@H](O)C1. The summed E-state index contributed by atoms with van der Waals surface area (Å²) in [5, 5.41) is 14.7. The van der Waals surface area contributed by atoms with Crippen LogP contribution in [0.15, 0.2) is 30.6 Å². The van der Waals surface area contributed by atoms with Crippen molar-refractivity contribution in [3.8, 4) is 0 Å². The van der Waals surface area contributed by atoms with Crippen molar-refractivity contribution in [1.82, 2.24) is 14.5 Å². The van der Waals surface area contributed by atoms with E-state index in [1.165, 1.54) is 0 Å². The quantitative estimate of drug-likeness (QED) is 0.619. The Bertz CT molecular complexity index is 716. The predicted molar refractivity (Wildman–Crippen MR) is 95.9 cm³/mol. The van der Waals surface area contributed by atoms with Crippen LogP contribution in [0.4, 0.5) is 0 Å². The maximum absolute atomic E-state index is 12.5. The molecule has 0 unspecified atom stereocenters. The van der Waals surface area contributed by atoms with Gasteiger partial charge < -0.3 is 21.5 Å². The number of fused-ring (bicyclic) bond motifs is 1. The third-order valence-corrected chi connectivity index (χ3v) is 5.01. The number of β-amino-alcohol motifs (C(OH)–C–C–N with tert-alkyl or cyclic N) is 1. The van der Waals surface area contributed by atoms with Crippen LogP contribution in [0.3, 0.4) is 0 Å². The van der Waals surface area contributed by atoms with Gasteiger partial charge in [-0.25, -0.2) is 4.52 Å². The summed E-state index contributed by atoms with van der Waals surface area (Å²) in [6.45, 7) is 1.52. The Hall–Kier alpha value is -1.96. The molecule has 0 aromatic carbocycles. The van der Waals surface area contributed by atoms with Gasteiger partial charge in [0.05, 0.1) is 17.7 Å². The minimum atomic E-state index is -0.525. The highest BCUT2D eigenvalue weighted by Gasteiger charge is 2.35. The van der Waals surface area contributed by atoms with Crippen LogP contribution in [-0.2, 0) is 11.2 Å². The van der Waals surface area contributed by atoms with E-state index in [0.717, 1.165) is 23.9 Å². The highest BCUT2D eigenvalue weighted by Crippen LogP contribution is 2.24. The van der Waals surface area contributed by atoms with E-state index < -0.39 is 12.1 Å². The van der Waals surface area contributed by atoms with E-state index in [1.54, 1.807) is 11.1 Å². The number of nitrogens with two attached hydrogens (primary N) is 2. The van der Waals surface area contributed by atoms with Crippen LogP contribution in [0.2, 0.25) is 0 Å². The summed E-state index contributed by atoms with van der Waals surface area (Å²) in [6, 6.07) is 5.46. The van der Waals surface area contributed by atoms with Crippen molar-refractivity contribution in [2.24, 2.45) is 17.4 Å². The zero-order valence-corrected chi connectivity index (χ0v) is 14.4. The number of hydrogen-bond donors (Lipinski definition) is 3. The molecule has 1 aliphatic rings. The van der Waals surface area contributed by atoms with Gasteiger partial charge in [-0.05, 0) is 43.5 Å². The number of pyridine rings is 1. The summed E-state index contributed by atoms with van der Waals surface area (Å²) in [7, 11) is 0. The number of nitrogens with zero attached hydrogens (tertiary/aromatic N) is 3. The van der Waals surface area contributed by atoms with Crippen molar-refractivity contribution in [3.63, 3.8) is 0 Å². The number of carbonyl (C=O) groups excluding carboxylic acids is 1. The first-order valence-corrected chi connectivity index (χ1v) is 8.94. The molecule has 136 valence electrons. The van der Waals surface area contributed by atoms with Gasteiger partial charge in [0, 0.05) is 31.4 Å². The normalized spacial score (nSPS) is 21.8. The van der Waals surface area contributed by atoms with Gasteiger partial charge in [0.25, 0.3) is 0 Å². The topological polar surface area (TPSA) is 110 Å². The molecule has 5 N–H and O–H groups in total. The van der Waals surface area contributed by atoms with E-state index in [1.807, 2.05) is 28.9 Å². The van der Waals surface area contributed by atoms with Crippen LogP contribution in [0.25, 0.3) is 5.52 Å². The first-order valence-electron chi connectivity index (χ1n) is 8.94. The minimum absolute atomic E-state index is 0.0151. The molecule has 0 radical (unpaired) electrons. The van der Waals surface area contributed by atoms with E-state index in [2.05, 4.69) is 5.10 Å². The lowest BCUT2D eigenvalue weighted by atomic mass is 9.96. The molecule has 3 heterocycles. The molecule has 1 fully saturated rings. The van der Waals surface area contributed by atoms with Gasteiger partial charge in [0.1, 0.15) is 0 Å². The van der Waals surface area contributed by atoms with E-state index in [0.29, 0.717) is 32.5 Å². The number of likely N-dealkylation sites (tertiary alicyclic amines) is 1. The molecule has 0 aliphatic carbocycles. The molecule has 1 aliphatic heterocycles. The first-order chi connectivity index (χ1) is 12.1. The largest absolute Gasteiger partial charge is 0.391 e. The molecule has 1 saturated heterocycles. The van der Waals surface area contributed by atoms with Crippen LogP contribution in [0, 0.1) is 5.92 Å². The molecular formula is C18H27N5O2. The van der Waals surface area contributed by atoms with Crippen molar-refractivity contribution < 1.29 is 9.90 Å². The highest BCUT2D eigenvalue weighted by molar-refractivity contribution is 5.82. The Kier molecular flexibility index (Phi) is 5.67. The number of unbranched alkanes of at least 4 members (excludes halogenated alkanes) is 1. The molecule has 0 saturated carbocycles. The summed E-state index contributed by atoms with van der Waals surface area (Å²) < 4.78 is 1.83. The van der Waals surface area contributed by atoms with Gasteiger partial charge in [-0.1, -0.05) is 12.5 Å². The van der Waals surface area contributed by atoms with Crippen molar-refractivity contribution in [3.05, 3.63) is 36.2 Å². The first kappa shape index (κ1) is 17.8. The molecular weight excluding hydrogens is 318 g/mol. The van der Waals surface area contributed by atoms with Crippen LogP contribution in [0.1, 0.15) is 24.8 Å². The van der Waals surface area contributed by atoms with Crippen LogP contribution in [-0.4, -0.2) is 57.3 Å². The zero-order valence-electron chi connectivity index (χ0n) is 14.4. The third-order valence-electron chi connectivity index (χ3n) is 5.01. The molecule has 25 heavy (non-hydrogen) atoms. The molecule has 0 bridgehead atoms. The molecule has 2 aromatic heterocycles. The fourth-order valence-electron chi connectivity index (χ4n) is 3.57. The van der Waals surface area contributed by atoms with Crippen molar-refractivity contribution in [2.45, 2.75) is 37.8 Å². The Morgan fingerprint density at radius 1 is 1.36 bits per heavy atom. The number of aromatic nitrogens is 2. The van der Waals surface area contributed by atoms with Gasteiger partial charge in [-0.2, -0.15) is 5.10 Å². The summed E-state index contributed by atoms with van der Waals surface area (Å²) in [5.41, 5.74) is 13.7. The average Bonchev–Trinajstić information content (AvgIpc) is 3.22. The molecule has 1 amide bonds. The second-order valence-electron chi connectivity index (χ2n) is 6.86. The zero-order chi connectivity index (χ0) is 17.8. The van der Waals surface area contributed by atoms with E-state index in [4.69, 9.17) is 11.5 Å². The van der Waals surface area contributed by atoms with Gasteiger partial charge >= 0.3 is 0 Å². The standard InChI is InChI=1S/C18H27N5O2/c19-7-2-1-5-15(20)18(25)22-11-14(17(24)12-22)10-13-4-3-9-23-16(13)6-8-21-23/h3-4,6,8-9,14-15,17,24H,1-2,5,7,10-12,19-20H2/t14-,15+,17+/m1/s1. The predicted octanol–water partition coefficient (Wildman–Crippen LogP) is 0.152. The van der Waals surface area contributed by atoms with Gasteiger partial charge in [0.2, 0.25) is 5.91 Å². The van der Waals surface area contributed by atoms with Crippen molar-refractivity contribution >= 4 is 11.4 Å². The number of amides is 1. The number of aliphatic hydroxyl groups excluding tert-OH is 1. The number of carbonyl (C=O) groups is 1. The monoisotopic (exact) mass is 345 g/mol. The Labute approximate surface area is 147 Å². The van der Waals surface area contributed by atoms with Crippen LogP contribution in [0.5, 0.6) is 0 Å². The Balaban J connectivity index is 1.61. The van der Waals surface area contributed by atoms with E-state index in [9.17, 15) is 9.90 Å². The Morgan fingerprint density at radius 2 is 2.20 bits per heavy atom. The van der Waals surface area contributed by atoms with Crippen molar-refractivity contribution in [1.29, 1.82) is 0 Å². The lowest BCUT2D eigenvalue weighted by molar-refractivity contribution is -0.132. The Morgan fingerprint density at radius 3 is 3.00 bits per heavy atom. The van der Waals surface area contributed by atoms with Crippen LogP contribution < -0.4 is 11.5 Å². The minimum Gasteiger partial charge on any atom is -0.391 e. The number of aliphatic hydroxyl groups is 1. The lowest BCUT2D eigenvalue weighted by Crippen LogP contribution is -2.43. The second kappa shape index (κ2) is 7.95. The smallest absolute Gasteiger partial charge is 0.239 e.